The van der Waals surface area contributed by atoms with Crippen molar-refractivity contribution >= 4 is 5.91 Å². The number of rotatable bonds is 7. The minimum Gasteiger partial charge on any atom is -0.388 e. The average Bonchev–Trinajstić information content (AvgIpc) is 2.54. The third-order valence-corrected chi connectivity index (χ3v) is 3.41. The van der Waals surface area contributed by atoms with E-state index >= 15 is 0 Å². The van der Waals surface area contributed by atoms with Crippen LogP contribution in [-0.4, -0.2) is 17.6 Å². The van der Waals surface area contributed by atoms with E-state index in [1.54, 1.807) is 0 Å². The first-order valence-electron chi connectivity index (χ1n) is 7.29. The fourth-order valence-electron chi connectivity index (χ4n) is 2.18. The Morgan fingerprint density at radius 3 is 2.29 bits per heavy atom. The summed E-state index contributed by atoms with van der Waals surface area (Å²) in [5, 5.41) is 12.8. The van der Waals surface area contributed by atoms with E-state index < -0.39 is 6.10 Å². The van der Waals surface area contributed by atoms with Crippen LogP contribution in [-0.2, 0) is 11.2 Å². The summed E-state index contributed by atoms with van der Waals surface area (Å²) in [5.74, 6) is 0.0270. The smallest absolute Gasteiger partial charge is 0.220 e. The van der Waals surface area contributed by atoms with Gasteiger partial charge in [0.05, 0.1) is 6.10 Å². The Morgan fingerprint density at radius 2 is 1.62 bits per heavy atom. The van der Waals surface area contributed by atoms with Gasteiger partial charge in [-0.15, -0.1) is 0 Å². The van der Waals surface area contributed by atoms with Crippen LogP contribution in [0.2, 0.25) is 0 Å². The highest BCUT2D eigenvalue weighted by molar-refractivity contribution is 5.76. The minimum atomic E-state index is -0.527. The molecule has 3 nitrogen and oxygen atoms in total. The second-order valence-corrected chi connectivity index (χ2v) is 5.05. The Hall–Kier alpha value is -2.13. The number of hydrogen-bond acceptors (Lipinski definition) is 2. The van der Waals surface area contributed by atoms with Crippen LogP contribution in [0, 0.1) is 0 Å². The molecule has 0 heterocycles. The Bertz CT molecular complexity index is 540. The molecule has 21 heavy (non-hydrogen) atoms. The standard InChI is InChI=1S/C18H21NO2/c20-17(16-9-5-2-6-10-16)13-14-19-18(21)12-11-15-7-3-1-4-8-15/h1-10,17,20H,11-14H2,(H,19,21)/t17-/m1/s1. The van der Waals surface area contributed by atoms with Crippen molar-refractivity contribution in [3.05, 3.63) is 71.8 Å². The van der Waals surface area contributed by atoms with Crippen molar-refractivity contribution in [1.29, 1.82) is 0 Å². The van der Waals surface area contributed by atoms with Crippen molar-refractivity contribution in [2.75, 3.05) is 6.54 Å². The second kappa shape index (κ2) is 8.22. The number of aliphatic hydroxyl groups excluding tert-OH is 1. The van der Waals surface area contributed by atoms with Crippen LogP contribution in [0.5, 0.6) is 0 Å². The van der Waals surface area contributed by atoms with Crippen LogP contribution < -0.4 is 5.32 Å². The van der Waals surface area contributed by atoms with E-state index in [2.05, 4.69) is 5.32 Å². The van der Waals surface area contributed by atoms with Gasteiger partial charge in [-0.05, 0) is 24.0 Å². The number of carbonyl (C=O) groups excluding carboxylic acids is 1. The molecule has 0 saturated heterocycles. The topological polar surface area (TPSA) is 49.3 Å². The van der Waals surface area contributed by atoms with Gasteiger partial charge >= 0.3 is 0 Å². The summed E-state index contributed by atoms with van der Waals surface area (Å²) in [6, 6.07) is 19.5. The summed E-state index contributed by atoms with van der Waals surface area (Å²) >= 11 is 0. The van der Waals surface area contributed by atoms with E-state index in [4.69, 9.17) is 0 Å². The molecule has 0 aliphatic carbocycles. The molecule has 2 N–H and O–H groups in total. The van der Waals surface area contributed by atoms with Crippen LogP contribution in [0.4, 0.5) is 0 Å². The van der Waals surface area contributed by atoms with Crippen molar-refractivity contribution in [1.82, 2.24) is 5.32 Å². The zero-order valence-corrected chi connectivity index (χ0v) is 12.0. The summed E-state index contributed by atoms with van der Waals surface area (Å²) < 4.78 is 0. The third-order valence-electron chi connectivity index (χ3n) is 3.41. The maximum Gasteiger partial charge on any atom is 0.220 e. The summed E-state index contributed by atoms with van der Waals surface area (Å²) in [4.78, 5) is 11.7. The zero-order valence-electron chi connectivity index (χ0n) is 12.0. The third kappa shape index (κ3) is 5.40. The number of nitrogens with one attached hydrogen (secondary N) is 1. The molecule has 0 fully saturated rings. The number of aryl methyl sites for hydroxylation is 1. The highest BCUT2D eigenvalue weighted by Gasteiger charge is 2.07. The molecule has 1 amide bonds. The van der Waals surface area contributed by atoms with Gasteiger partial charge in [0.15, 0.2) is 0 Å². The van der Waals surface area contributed by atoms with E-state index in [9.17, 15) is 9.90 Å². The van der Waals surface area contributed by atoms with Gasteiger partial charge in [0, 0.05) is 13.0 Å². The van der Waals surface area contributed by atoms with Gasteiger partial charge in [-0.3, -0.25) is 4.79 Å². The van der Waals surface area contributed by atoms with Gasteiger partial charge in [-0.25, -0.2) is 0 Å². The fraction of sp³-hybridized carbons (Fsp3) is 0.278. The van der Waals surface area contributed by atoms with Crippen LogP contribution in [0.15, 0.2) is 60.7 Å². The van der Waals surface area contributed by atoms with Gasteiger partial charge in [0.1, 0.15) is 0 Å². The Kier molecular flexibility index (Phi) is 5.98. The summed E-state index contributed by atoms with van der Waals surface area (Å²) in [6.45, 7) is 0.490. The molecule has 0 aliphatic rings. The molecule has 110 valence electrons. The van der Waals surface area contributed by atoms with Gasteiger partial charge in [0.25, 0.3) is 0 Å². The van der Waals surface area contributed by atoms with Crippen molar-refractivity contribution in [2.24, 2.45) is 0 Å². The van der Waals surface area contributed by atoms with Gasteiger partial charge in [-0.1, -0.05) is 60.7 Å². The first kappa shape index (κ1) is 15.3. The fourth-order valence-corrected chi connectivity index (χ4v) is 2.18. The normalized spacial score (nSPS) is 11.9. The molecular formula is C18H21NO2. The lowest BCUT2D eigenvalue weighted by Crippen LogP contribution is -2.25. The molecule has 0 saturated carbocycles. The van der Waals surface area contributed by atoms with Crippen LogP contribution in [0.3, 0.4) is 0 Å². The first-order valence-corrected chi connectivity index (χ1v) is 7.29. The monoisotopic (exact) mass is 283 g/mol. The lowest BCUT2D eigenvalue weighted by molar-refractivity contribution is -0.121. The average molecular weight is 283 g/mol. The van der Waals surface area contributed by atoms with Gasteiger partial charge in [-0.2, -0.15) is 0 Å². The predicted molar refractivity (Wildman–Crippen MR) is 83.8 cm³/mol. The van der Waals surface area contributed by atoms with Gasteiger partial charge in [0.2, 0.25) is 5.91 Å². The first-order chi connectivity index (χ1) is 10.3. The molecule has 0 unspecified atom stereocenters. The lowest BCUT2D eigenvalue weighted by atomic mass is 10.1. The van der Waals surface area contributed by atoms with Crippen molar-refractivity contribution in [3.63, 3.8) is 0 Å². The van der Waals surface area contributed by atoms with Gasteiger partial charge < -0.3 is 10.4 Å². The molecule has 0 aliphatic heterocycles. The van der Waals surface area contributed by atoms with E-state index in [0.29, 0.717) is 19.4 Å². The molecule has 2 rings (SSSR count). The maximum atomic E-state index is 11.7. The number of amides is 1. The molecule has 3 heteroatoms. The molecular weight excluding hydrogens is 262 g/mol. The molecule has 0 spiro atoms. The summed E-state index contributed by atoms with van der Waals surface area (Å²) in [6.07, 6.45) is 1.22. The lowest BCUT2D eigenvalue weighted by Gasteiger charge is -2.11. The largest absolute Gasteiger partial charge is 0.388 e. The Labute approximate surface area is 125 Å². The summed E-state index contributed by atoms with van der Waals surface area (Å²) in [7, 11) is 0. The highest BCUT2D eigenvalue weighted by atomic mass is 16.3. The molecule has 2 aromatic carbocycles. The summed E-state index contributed by atoms with van der Waals surface area (Å²) in [5.41, 5.74) is 2.05. The van der Waals surface area contributed by atoms with Crippen molar-refractivity contribution < 1.29 is 9.90 Å². The number of aliphatic hydroxyl groups is 1. The Balaban J connectivity index is 1.65. The van der Waals surface area contributed by atoms with E-state index in [1.807, 2.05) is 60.7 Å². The van der Waals surface area contributed by atoms with E-state index in [-0.39, 0.29) is 5.91 Å². The predicted octanol–water partition coefficient (Wildman–Crippen LogP) is 2.86. The minimum absolute atomic E-state index is 0.0270. The maximum absolute atomic E-state index is 11.7. The Morgan fingerprint density at radius 1 is 1.00 bits per heavy atom. The van der Waals surface area contributed by atoms with Crippen molar-refractivity contribution in [2.45, 2.75) is 25.4 Å². The van der Waals surface area contributed by atoms with E-state index in [0.717, 1.165) is 17.5 Å². The number of hydrogen-bond donors (Lipinski definition) is 2. The van der Waals surface area contributed by atoms with Crippen LogP contribution >= 0.6 is 0 Å². The number of benzene rings is 2. The zero-order chi connectivity index (χ0) is 14.9. The highest BCUT2D eigenvalue weighted by Crippen LogP contribution is 2.14. The van der Waals surface area contributed by atoms with Crippen molar-refractivity contribution in [3.8, 4) is 0 Å². The molecule has 0 radical (unpaired) electrons. The quantitative estimate of drug-likeness (QED) is 0.821. The molecule has 0 bridgehead atoms. The van der Waals surface area contributed by atoms with Crippen LogP contribution in [0.25, 0.3) is 0 Å². The number of carbonyl (C=O) groups is 1. The SMILES string of the molecule is O=C(CCc1ccccc1)NCC[C@@H](O)c1ccccc1. The molecule has 0 aromatic heterocycles. The van der Waals surface area contributed by atoms with E-state index in [1.165, 1.54) is 0 Å². The van der Waals surface area contributed by atoms with Crippen LogP contribution in [0.1, 0.15) is 30.1 Å². The molecule has 2 aromatic rings. The second-order valence-electron chi connectivity index (χ2n) is 5.05. The molecule has 1 atom stereocenters.